The van der Waals surface area contributed by atoms with Gasteiger partial charge in [-0.25, -0.2) is 8.78 Å². The largest absolute Gasteiger partial charge is 0.310 e. The van der Waals surface area contributed by atoms with Gasteiger partial charge in [0.1, 0.15) is 0 Å². The molecule has 0 aromatic heterocycles. The summed E-state index contributed by atoms with van der Waals surface area (Å²) in [6.07, 6.45) is 0.782. The minimum atomic E-state index is -2.40. The van der Waals surface area contributed by atoms with E-state index in [1.54, 1.807) is 6.07 Å². The van der Waals surface area contributed by atoms with E-state index < -0.39 is 6.43 Å². The molecular weight excluding hydrogens is 276 g/mol. The van der Waals surface area contributed by atoms with Crippen LogP contribution in [0.15, 0.2) is 22.7 Å². The van der Waals surface area contributed by atoms with Gasteiger partial charge in [0.15, 0.2) is 0 Å². The van der Waals surface area contributed by atoms with Crippen LogP contribution in [0.2, 0.25) is 0 Å². The Kier molecular flexibility index (Phi) is 3.92. The molecule has 88 valence electrons. The molecule has 1 aromatic rings. The lowest BCUT2D eigenvalue weighted by Gasteiger charge is -2.26. The van der Waals surface area contributed by atoms with Crippen molar-refractivity contribution in [1.82, 2.24) is 5.32 Å². The van der Waals surface area contributed by atoms with Gasteiger partial charge in [0.2, 0.25) is 0 Å². The normalized spacial score (nSPS) is 21.4. The molecule has 1 saturated heterocycles. The van der Waals surface area contributed by atoms with Gasteiger partial charge in [-0.15, -0.1) is 0 Å². The van der Waals surface area contributed by atoms with Crippen LogP contribution >= 0.6 is 15.9 Å². The van der Waals surface area contributed by atoms with Crippen LogP contribution in [0.4, 0.5) is 8.78 Å². The highest BCUT2D eigenvalue weighted by atomic mass is 79.9. The van der Waals surface area contributed by atoms with Crippen molar-refractivity contribution in [3.05, 3.63) is 33.8 Å². The van der Waals surface area contributed by atoms with E-state index in [9.17, 15) is 8.78 Å². The summed E-state index contributed by atoms with van der Waals surface area (Å²) in [5.41, 5.74) is 0.895. The van der Waals surface area contributed by atoms with Crippen molar-refractivity contribution in [3.8, 4) is 0 Å². The first-order valence-electron chi connectivity index (χ1n) is 5.49. The Hall–Kier alpha value is -0.480. The number of hydrogen-bond acceptors (Lipinski definition) is 1. The van der Waals surface area contributed by atoms with Gasteiger partial charge in [0, 0.05) is 16.1 Å². The first kappa shape index (κ1) is 12.0. The van der Waals surface area contributed by atoms with Gasteiger partial charge in [-0.1, -0.05) is 28.4 Å². The van der Waals surface area contributed by atoms with Crippen LogP contribution in [0.5, 0.6) is 0 Å². The van der Waals surface area contributed by atoms with Crippen LogP contribution in [0.1, 0.15) is 42.9 Å². The maximum atomic E-state index is 12.9. The average molecular weight is 290 g/mol. The van der Waals surface area contributed by atoms with Crippen LogP contribution < -0.4 is 5.32 Å². The maximum absolute atomic E-state index is 12.9. The van der Waals surface area contributed by atoms with Crippen molar-refractivity contribution in [2.45, 2.75) is 31.7 Å². The summed E-state index contributed by atoms with van der Waals surface area (Å²) < 4.78 is 26.6. The van der Waals surface area contributed by atoms with Crippen LogP contribution in [-0.2, 0) is 0 Å². The lowest BCUT2D eigenvalue weighted by molar-refractivity contribution is 0.149. The smallest absolute Gasteiger partial charge is 0.264 e. The molecule has 0 saturated carbocycles. The van der Waals surface area contributed by atoms with Gasteiger partial charge < -0.3 is 5.32 Å². The fraction of sp³-hybridized carbons (Fsp3) is 0.500. The Morgan fingerprint density at radius 3 is 2.75 bits per heavy atom. The molecule has 16 heavy (non-hydrogen) atoms. The summed E-state index contributed by atoms with van der Waals surface area (Å²) in [4.78, 5) is 0. The lowest BCUT2D eigenvalue weighted by Crippen LogP contribution is -2.27. The van der Waals surface area contributed by atoms with Crippen LogP contribution in [-0.4, -0.2) is 6.54 Å². The second-order valence-electron chi connectivity index (χ2n) is 4.08. The Balaban J connectivity index is 2.32. The van der Waals surface area contributed by atoms with Gasteiger partial charge >= 0.3 is 0 Å². The zero-order chi connectivity index (χ0) is 11.5. The number of rotatable bonds is 2. The molecule has 0 bridgehead atoms. The number of halogens is 3. The molecule has 1 atom stereocenters. The maximum Gasteiger partial charge on any atom is 0.264 e. The minimum Gasteiger partial charge on any atom is -0.310 e. The molecule has 4 heteroatoms. The Morgan fingerprint density at radius 1 is 1.31 bits per heavy atom. The molecule has 1 aliphatic rings. The monoisotopic (exact) mass is 289 g/mol. The first-order chi connectivity index (χ1) is 7.68. The molecule has 2 rings (SSSR count). The summed E-state index contributed by atoms with van der Waals surface area (Å²) in [6, 6.07) is 5.08. The van der Waals surface area contributed by atoms with Crippen LogP contribution in [0.3, 0.4) is 0 Å². The Morgan fingerprint density at radius 2 is 2.12 bits per heavy atom. The second-order valence-corrected chi connectivity index (χ2v) is 4.99. The number of alkyl halides is 2. The van der Waals surface area contributed by atoms with E-state index in [2.05, 4.69) is 21.2 Å². The van der Waals surface area contributed by atoms with Crippen LogP contribution in [0, 0.1) is 0 Å². The Labute approximate surface area is 102 Å². The average Bonchev–Trinajstić information content (AvgIpc) is 2.29. The SMILES string of the molecule is FC(F)c1ccc(Br)cc1C1CCCCN1. The zero-order valence-electron chi connectivity index (χ0n) is 8.85. The molecule has 1 nitrogen and oxygen atoms in total. The van der Waals surface area contributed by atoms with Gasteiger partial charge in [-0.2, -0.15) is 0 Å². The highest BCUT2D eigenvalue weighted by molar-refractivity contribution is 9.10. The first-order valence-corrected chi connectivity index (χ1v) is 6.28. The molecule has 1 heterocycles. The van der Waals surface area contributed by atoms with Crippen molar-refractivity contribution < 1.29 is 8.78 Å². The third-order valence-corrected chi connectivity index (χ3v) is 3.46. The third-order valence-electron chi connectivity index (χ3n) is 2.97. The zero-order valence-corrected chi connectivity index (χ0v) is 10.4. The van der Waals surface area contributed by atoms with Gasteiger partial charge in [-0.3, -0.25) is 0 Å². The topological polar surface area (TPSA) is 12.0 Å². The summed E-state index contributed by atoms with van der Waals surface area (Å²) in [6.45, 7) is 0.917. The predicted octanol–water partition coefficient (Wildman–Crippen LogP) is 4.20. The van der Waals surface area contributed by atoms with Gasteiger partial charge in [-0.05, 0) is 37.1 Å². The quantitative estimate of drug-likeness (QED) is 0.860. The fourth-order valence-electron chi connectivity index (χ4n) is 2.16. The number of hydrogen-bond donors (Lipinski definition) is 1. The number of benzene rings is 1. The summed E-state index contributed by atoms with van der Waals surface area (Å²) >= 11 is 3.34. The highest BCUT2D eigenvalue weighted by Gasteiger charge is 2.21. The highest BCUT2D eigenvalue weighted by Crippen LogP contribution is 2.33. The lowest BCUT2D eigenvalue weighted by atomic mass is 9.94. The second kappa shape index (κ2) is 5.23. The predicted molar refractivity (Wildman–Crippen MR) is 63.7 cm³/mol. The number of nitrogens with one attached hydrogen (secondary N) is 1. The molecule has 0 aliphatic carbocycles. The van der Waals surface area contributed by atoms with Crippen molar-refractivity contribution in [2.75, 3.05) is 6.54 Å². The molecule has 0 radical (unpaired) electrons. The van der Waals surface area contributed by atoms with Crippen molar-refractivity contribution >= 4 is 15.9 Å². The van der Waals surface area contributed by atoms with E-state index in [1.165, 1.54) is 6.07 Å². The standard InChI is InChI=1S/C12H14BrF2N/c13-8-4-5-9(12(14)15)10(7-8)11-3-1-2-6-16-11/h4-5,7,11-12,16H,1-3,6H2. The molecule has 0 spiro atoms. The van der Waals surface area contributed by atoms with E-state index in [1.807, 2.05) is 6.07 Å². The van der Waals surface area contributed by atoms with E-state index in [4.69, 9.17) is 0 Å². The molecule has 1 aromatic carbocycles. The number of piperidine rings is 1. The van der Waals surface area contributed by atoms with E-state index >= 15 is 0 Å². The molecule has 1 N–H and O–H groups in total. The van der Waals surface area contributed by atoms with Gasteiger partial charge in [0.25, 0.3) is 6.43 Å². The van der Waals surface area contributed by atoms with E-state index in [0.29, 0.717) is 0 Å². The van der Waals surface area contributed by atoms with E-state index in [-0.39, 0.29) is 11.6 Å². The third kappa shape index (κ3) is 2.61. The van der Waals surface area contributed by atoms with Crippen molar-refractivity contribution in [1.29, 1.82) is 0 Å². The summed E-state index contributed by atoms with van der Waals surface area (Å²) in [7, 11) is 0. The molecule has 1 fully saturated rings. The van der Waals surface area contributed by atoms with Crippen molar-refractivity contribution in [2.24, 2.45) is 0 Å². The van der Waals surface area contributed by atoms with Gasteiger partial charge in [0.05, 0.1) is 0 Å². The molecular formula is C12H14BrF2N. The molecule has 0 amide bonds. The Bertz CT molecular complexity index is 362. The summed E-state index contributed by atoms with van der Waals surface area (Å²) in [5, 5.41) is 3.30. The van der Waals surface area contributed by atoms with Crippen molar-refractivity contribution in [3.63, 3.8) is 0 Å². The van der Waals surface area contributed by atoms with E-state index in [0.717, 1.165) is 35.8 Å². The van der Waals surface area contributed by atoms with Crippen LogP contribution in [0.25, 0.3) is 0 Å². The molecule has 1 unspecified atom stereocenters. The summed E-state index contributed by atoms with van der Waals surface area (Å²) in [5.74, 6) is 0. The molecule has 1 aliphatic heterocycles. The fourth-order valence-corrected chi connectivity index (χ4v) is 2.54. The minimum absolute atomic E-state index is 0.0789.